The first-order chi connectivity index (χ1) is 11.0. The molecule has 0 spiro atoms. The Morgan fingerprint density at radius 3 is 2.35 bits per heavy atom. The van der Waals surface area contributed by atoms with E-state index in [1.165, 1.54) is 4.90 Å². The highest BCUT2D eigenvalue weighted by molar-refractivity contribution is 8.00. The number of carbonyl (C=O) groups is 3. The monoisotopic (exact) mass is 351 g/mol. The Kier molecular flexibility index (Phi) is 4.46. The maximum atomic E-state index is 12.5. The summed E-state index contributed by atoms with van der Waals surface area (Å²) in [5.74, 6) is -1.62. The number of benzene rings is 1. The van der Waals surface area contributed by atoms with Crippen LogP contribution >= 0.6 is 23.4 Å². The number of imide groups is 1. The first kappa shape index (κ1) is 16.1. The fourth-order valence-corrected chi connectivity index (χ4v) is 3.83. The summed E-state index contributed by atoms with van der Waals surface area (Å²) in [5.41, 5.74) is 1.68. The van der Waals surface area contributed by atoms with E-state index in [-0.39, 0.29) is 17.6 Å². The average Bonchev–Trinajstić information content (AvgIpc) is 2.79. The van der Waals surface area contributed by atoms with Crippen molar-refractivity contribution in [1.29, 1.82) is 0 Å². The summed E-state index contributed by atoms with van der Waals surface area (Å²) >= 11 is 7.13. The second-order valence-electron chi connectivity index (χ2n) is 5.41. The van der Waals surface area contributed by atoms with E-state index in [0.29, 0.717) is 39.6 Å². The van der Waals surface area contributed by atoms with Crippen LogP contribution in [0.15, 0.2) is 34.2 Å². The summed E-state index contributed by atoms with van der Waals surface area (Å²) in [6.45, 7) is 0. The van der Waals surface area contributed by atoms with Crippen molar-refractivity contribution >= 4 is 46.8 Å². The molecule has 1 N–H and O–H groups in total. The van der Waals surface area contributed by atoms with Crippen molar-refractivity contribution in [1.82, 2.24) is 0 Å². The van der Waals surface area contributed by atoms with Crippen LogP contribution in [-0.2, 0) is 14.4 Å². The number of hydrogen-bond donors (Lipinski definition) is 1. The fourth-order valence-electron chi connectivity index (χ4n) is 2.86. The van der Waals surface area contributed by atoms with E-state index in [9.17, 15) is 14.4 Å². The molecule has 0 radical (unpaired) electrons. The number of carboxylic acids is 1. The molecule has 0 saturated heterocycles. The Morgan fingerprint density at radius 2 is 1.78 bits per heavy atom. The van der Waals surface area contributed by atoms with Crippen LogP contribution in [0, 0.1) is 0 Å². The highest BCUT2D eigenvalue weighted by Gasteiger charge is 2.39. The van der Waals surface area contributed by atoms with Gasteiger partial charge in [0.2, 0.25) is 0 Å². The molecule has 0 aromatic heterocycles. The Balaban J connectivity index is 1.90. The van der Waals surface area contributed by atoms with Crippen molar-refractivity contribution in [3.8, 4) is 0 Å². The number of carboxylic acid groups (broad SMARTS) is 1. The van der Waals surface area contributed by atoms with E-state index in [2.05, 4.69) is 0 Å². The van der Waals surface area contributed by atoms with Crippen molar-refractivity contribution < 1.29 is 19.5 Å². The summed E-state index contributed by atoms with van der Waals surface area (Å²) in [6.07, 6.45) is 3.13. The first-order valence-electron chi connectivity index (χ1n) is 7.24. The topological polar surface area (TPSA) is 74.7 Å². The van der Waals surface area contributed by atoms with Crippen molar-refractivity contribution in [3.63, 3.8) is 0 Å². The van der Waals surface area contributed by atoms with Gasteiger partial charge in [-0.25, -0.2) is 4.90 Å². The number of nitrogens with zero attached hydrogens (tertiary/aromatic N) is 1. The zero-order chi connectivity index (χ0) is 16.6. The predicted molar refractivity (Wildman–Crippen MR) is 87.8 cm³/mol. The Hall–Kier alpha value is -1.79. The lowest BCUT2D eigenvalue weighted by Crippen LogP contribution is -2.31. The highest BCUT2D eigenvalue weighted by Crippen LogP contribution is 2.38. The number of rotatable bonds is 4. The van der Waals surface area contributed by atoms with Gasteiger partial charge in [0.15, 0.2) is 0 Å². The second kappa shape index (κ2) is 6.37. The second-order valence-corrected chi connectivity index (χ2v) is 6.83. The molecule has 0 fully saturated rings. The molecule has 1 aliphatic heterocycles. The van der Waals surface area contributed by atoms with Gasteiger partial charge in [-0.05, 0) is 43.9 Å². The Morgan fingerprint density at radius 1 is 1.17 bits per heavy atom. The third kappa shape index (κ3) is 3.01. The van der Waals surface area contributed by atoms with Crippen LogP contribution < -0.4 is 4.90 Å². The molecule has 0 saturated carbocycles. The van der Waals surface area contributed by atoms with Gasteiger partial charge in [-0.2, -0.15) is 0 Å². The zero-order valence-electron chi connectivity index (χ0n) is 12.2. The van der Waals surface area contributed by atoms with Crippen molar-refractivity contribution in [2.75, 3.05) is 10.7 Å². The molecule has 1 heterocycles. The molecular weight excluding hydrogens is 338 g/mol. The minimum atomic E-state index is -0.957. The van der Waals surface area contributed by atoms with Gasteiger partial charge in [0, 0.05) is 16.0 Å². The zero-order valence-corrected chi connectivity index (χ0v) is 13.7. The van der Waals surface area contributed by atoms with E-state index in [0.717, 1.165) is 24.6 Å². The lowest BCUT2D eigenvalue weighted by molar-refractivity contribution is -0.134. The molecule has 120 valence electrons. The fraction of sp³-hybridized carbons (Fsp3) is 0.312. The highest BCUT2D eigenvalue weighted by atomic mass is 35.5. The van der Waals surface area contributed by atoms with Crippen LogP contribution in [0.5, 0.6) is 0 Å². The lowest BCUT2D eigenvalue weighted by atomic mass is 9.93. The van der Waals surface area contributed by atoms with Gasteiger partial charge in [-0.15, -0.1) is 11.8 Å². The Labute approximate surface area is 142 Å². The summed E-state index contributed by atoms with van der Waals surface area (Å²) in [6, 6.07) is 4.80. The van der Waals surface area contributed by atoms with Crippen LogP contribution in [0.4, 0.5) is 5.69 Å². The number of halogens is 1. The molecular formula is C16H14ClNO4S. The third-order valence-corrected chi connectivity index (χ3v) is 5.40. The lowest BCUT2D eigenvalue weighted by Gasteiger charge is -2.16. The largest absolute Gasteiger partial charge is 0.481 e. The van der Waals surface area contributed by atoms with Crippen LogP contribution in [0.2, 0.25) is 5.02 Å². The van der Waals surface area contributed by atoms with Gasteiger partial charge in [-0.3, -0.25) is 14.4 Å². The molecule has 0 atom stereocenters. The van der Waals surface area contributed by atoms with E-state index < -0.39 is 5.97 Å². The van der Waals surface area contributed by atoms with E-state index in [1.807, 2.05) is 0 Å². The minimum absolute atomic E-state index is 0.139. The SMILES string of the molecule is O=C(O)CSc1cc(N2C(=O)C3=C(CCCC3)C2=O)ccc1Cl. The van der Waals surface area contributed by atoms with E-state index in [1.54, 1.807) is 18.2 Å². The van der Waals surface area contributed by atoms with Gasteiger partial charge in [-0.1, -0.05) is 11.6 Å². The summed E-state index contributed by atoms with van der Waals surface area (Å²) in [5, 5.41) is 9.18. The number of thioether (sulfide) groups is 1. The molecule has 2 aliphatic rings. The van der Waals surface area contributed by atoms with Crippen LogP contribution in [0.3, 0.4) is 0 Å². The molecule has 0 bridgehead atoms. The standard InChI is InChI=1S/C16H14ClNO4S/c17-12-6-5-9(7-13(12)23-8-14(19)20)18-15(21)10-3-1-2-4-11(10)16(18)22/h5-7H,1-4,8H2,(H,19,20). The maximum Gasteiger partial charge on any atom is 0.313 e. The third-order valence-electron chi connectivity index (χ3n) is 3.91. The number of hydrogen-bond acceptors (Lipinski definition) is 4. The van der Waals surface area contributed by atoms with Gasteiger partial charge < -0.3 is 5.11 Å². The number of amides is 2. The van der Waals surface area contributed by atoms with Crippen molar-refractivity contribution in [2.24, 2.45) is 0 Å². The first-order valence-corrected chi connectivity index (χ1v) is 8.60. The average molecular weight is 352 g/mol. The molecule has 3 rings (SSSR count). The van der Waals surface area contributed by atoms with E-state index in [4.69, 9.17) is 16.7 Å². The van der Waals surface area contributed by atoms with Gasteiger partial charge in [0.05, 0.1) is 16.5 Å². The molecule has 23 heavy (non-hydrogen) atoms. The summed E-state index contributed by atoms with van der Waals surface area (Å²) < 4.78 is 0. The van der Waals surface area contributed by atoms with Gasteiger partial charge >= 0.3 is 5.97 Å². The smallest absolute Gasteiger partial charge is 0.313 e. The molecule has 1 aliphatic carbocycles. The molecule has 5 nitrogen and oxygen atoms in total. The number of anilines is 1. The summed E-state index contributed by atoms with van der Waals surface area (Å²) in [4.78, 5) is 37.5. The summed E-state index contributed by atoms with van der Waals surface area (Å²) in [7, 11) is 0. The number of aliphatic carboxylic acids is 1. The maximum absolute atomic E-state index is 12.5. The van der Waals surface area contributed by atoms with E-state index >= 15 is 0 Å². The molecule has 7 heteroatoms. The Bertz CT molecular complexity index is 716. The number of carbonyl (C=O) groups excluding carboxylic acids is 2. The minimum Gasteiger partial charge on any atom is -0.481 e. The predicted octanol–water partition coefficient (Wildman–Crippen LogP) is 3.26. The van der Waals surface area contributed by atoms with Gasteiger partial charge in [0.25, 0.3) is 11.8 Å². The van der Waals surface area contributed by atoms with Gasteiger partial charge in [0.1, 0.15) is 0 Å². The molecule has 1 aromatic rings. The van der Waals surface area contributed by atoms with Crippen molar-refractivity contribution in [3.05, 3.63) is 34.4 Å². The molecule has 2 amide bonds. The normalized spacial score (nSPS) is 17.7. The molecule has 1 aromatic carbocycles. The van der Waals surface area contributed by atoms with Crippen LogP contribution in [0.25, 0.3) is 0 Å². The molecule has 0 unspecified atom stereocenters. The van der Waals surface area contributed by atoms with Crippen molar-refractivity contribution in [2.45, 2.75) is 30.6 Å². The van der Waals surface area contributed by atoms with Crippen LogP contribution in [-0.4, -0.2) is 28.6 Å². The quantitative estimate of drug-likeness (QED) is 0.665. The van der Waals surface area contributed by atoms with Crippen LogP contribution in [0.1, 0.15) is 25.7 Å².